The third-order valence-corrected chi connectivity index (χ3v) is 3.45. The van der Waals surface area contributed by atoms with Gasteiger partial charge in [-0.15, -0.1) is 0 Å². The molecule has 2 aromatic carbocycles. The Bertz CT molecular complexity index is 773. The summed E-state index contributed by atoms with van der Waals surface area (Å²) >= 11 is 0. The number of nitrogens with two attached hydrogens (primary N) is 1. The number of ether oxygens (including phenoxy) is 2. The van der Waals surface area contributed by atoms with Crippen molar-refractivity contribution >= 4 is 5.69 Å². The zero-order valence-corrected chi connectivity index (χ0v) is 14.2. The van der Waals surface area contributed by atoms with Gasteiger partial charge in [0.15, 0.2) is 0 Å². The first-order chi connectivity index (χ1) is 11.7. The number of hydrogen-bond acceptors (Lipinski definition) is 4. The van der Waals surface area contributed by atoms with Crippen molar-refractivity contribution in [2.45, 2.75) is 6.92 Å². The zero-order chi connectivity index (χ0) is 17.4. The molecule has 0 aliphatic rings. The topological polar surface area (TPSA) is 73.2 Å². The fourth-order valence-corrected chi connectivity index (χ4v) is 2.17. The van der Waals surface area contributed by atoms with Crippen molar-refractivity contribution < 1.29 is 10.9 Å². The molecule has 3 aromatic rings. The summed E-state index contributed by atoms with van der Waals surface area (Å²) in [4.78, 5) is 0. The molecule has 5 nitrogen and oxygen atoms in total. The molecule has 3 rings (SSSR count). The van der Waals surface area contributed by atoms with E-state index in [9.17, 15) is 0 Å². The van der Waals surface area contributed by atoms with Gasteiger partial charge >= 0.3 is 0 Å². The number of aromatic amines is 1. The van der Waals surface area contributed by atoms with E-state index < -0.39 is 0 Å². The van der Waals surface area contributed by atoms with E-state index in [1.165, 1.54) is 0 Å². The number of methoxy groups -OCH3 is 2. The molecule has 0 unspecified atom stereocenters. The average molecular weight is 327 g/mol. The van der Waals surface area contributed by atoms with Crippen LogP contribution in [-0.4, -0.2) is 31.0 Å². The molecule has 1 aromatic heterocycles. The van der Waals surface area contributed by atoms with Crippen molar-refractivity contribution in [2.24, 2.45) is 0 Å². The highest BCUT2D eigenvalue weighted by molar-refractivity contribution is 5.73. The van der Waals surface area contributed by atoms with Gasteiger partial charge in [0.1, 0.15) is 5.75 Å². The second-order valence-corrected chi connectivity index (χ2v) is 5.07. The summed E-state index contributed by atoms with van der Waals surface area (Å²) in [6.45, 7) is 2.78. The van der Waals surface area contributed by atoms with E-state index in [0.717, 1.165) is 40.6 Å². The third-order valence-electron chi connectivity index (χ3n) is 3.45. The van der Waals surface area contributed by atoms with Crippen LogP contribution in [0.2, 0.25) is 0 Å². The van der Waals surface area contributed by atoms with Crippen LogP contribution in [0.1, 0.15) is 8.35 Å². The maximum Gasteiger partial charge on any atom is 0.128 e. The molecule has 0 radical (unpaired) electrons. The number of benzene rings is 2. The van der Waals surface area contributed by atoms with Crippen LogP contribution in [-0.2, 0) is 4.74 Å². The molecule has 0 saturated carbocycles. The predicted octanol–water partition coefficient (Wildman–Crippen LogP) is 4.23. The van der Waals surface area contributed by atoms with E-state index in [0.29, 0.717) is 0 Å². The lowest BCUT2D eigenvalue weighted by Crippen LogP contribution is -1.87. The standard InChI is InChI=1S/C16H15N3O.C3H8O.H2/c1-20-16-8-3-2-7-13(16)15-10-14(18-19-15)11-5-4-6-12(17)9-11;1-3-4-2;/h2-10H,17H2,1H3,(H,18,19);3H2,1-2H3;1H. The maximum absolute atomic E-state index is 5.80. The Morgan fingerprint density at radius 2 is 1.83 bits per heavy atom. The Morgan fingerprint density at radius 3 is 2.50 bits per heavy atom. The molecule has 24 heavy (non-hydrogen) atoms. The summed E-state index contributed by atoms with van der Waals surface area (Å²) in [6, 6.07) is 17.5. The summed E-state index contributed by atoms with van der Waals surface area (Å²) < 4.78 is 9.91. The summed E-state index contributed by atoms with van der Waals surface area (Å²) in [7, 11) is 3.34. The minimum Gasteiger partial charge on any atom is -0.496 e. The molecular formula is C19H25N3O2. The van der Waals surface area contributed by atoms with Gasteiger partial charge in [0, 0.05) is 32.0 Å². The van der Waals surface area contributed by atoms with Crippen LogP contribution in [0.25, 0.3) is 22.5 Å². The molecule has 0 aliphatic carbocycles. The van der Waals surface area contributed by atoms with Gasteiger partial charge in [0.25, 0.3) is 0 Å². The summed E-state index contributed by atoms with van der Waals surface area (Å²) in [5.74, 6) is 0.815. The normalized spacial score (nSPS) is 9.96. The minimum absolute atomic E-state index is 0. The fourth-order valence-electron chi connectivity index (χ4n) is 2.17. The van der Waals surface area contributed by atoms with Gasteiger partial charge in [-0.3, -0.25) is 5.10 Å². The maximum atomic E-state index is 5.80. The van der Waals surface area contributed by atoms with Gasteiger partial charge in [-0.05, 0) is 37.3 Å². The van der Waals surface area contributed by atoms with Crippen molar-refractivity contribution in [1.82, 2.24) is 10.2 Å². The van der Waals surface area contributed by atoms with E-state index >= 15 is 0 Å². The van der Waals surface area contributed by atoms with Gasteiger partial charge < -0.3 is 15.2 Å². The summed E-state index contributed by atoms with van der Waals surface area (Å²) in [5.41, 5.74) is 10.3. The summed E-state index contributed by atoms with van der Waals surface area (Å²) in [5, 5.41) is 7.39. The minimum atomic E-state index is 0. The quantitative estimate of drug-likeness (QED) is 0.703. The SMILES string of the molecule is CCOC.COc1ccccc1-c1cc(-c2cccc(N)c2)n[nH]1.[HH]. The highest BCUT2D eigenvalue weighted by Crippen LogP contribution is 2.30. The van der Waals surface area contributed by atoms with Crippen molar-refractivity contribution in [3.8, 4) is 28.3 Å². The van der Waals surface area contributed by atoms with Crippen LogP contribution in [0.3, 0.4) is 0 Å². The van der Waals surface area contributed by atoms with Crippen LogP contribution in [0.4, 0.5) is 5.69 Å². The number of nitrogens with one attached hydrogen (secondary N) is 1. The van der Waals surface area contributed by atoms with E-state index in [-0.39, 0.29) is 1.43 Å². The lowest BCUT2D eigenvalue weighted by atomic mass is 10.1. The molecule has 0 aliphatic heterocycles. The molecule has 5 heteroatoms. The monoisotopic (exact) mass is 327 g/mol. The third kappa shape index (κ3) is 4.36. The van der Waals surface area contributed by atoms with Crippen molar-refractivity contribution in [2.75, 3.05) is 26.6 Å². The smallest absolute Gasteiger partial charge is 0.128 e. The van der Waals surface area contributed by atoms with E-state index in [1.54, 1.807) is 14.2 Å². The Labute approximate surface area is 143 Å². The first-order valence-electron chi connectivity index (χ1n) is 7.73. The molecule has 1 heterocycles. The molecule has 0 saturated heterocycles. The first kappa shape index (κ1) is 17.6. The molecule has 0 fully saturated rings. The van der Waals surface area contributed by atoms with Crippen LogP contribution >= 0.6 is 0 Å². The second-order valence-electron chi connectivity index (χ2n) is 5.07. The number of hydrogen-bond donors (Lipinski definition) is 2. The molecule has 3 N–H and O–H groups in total. The van der Waals surface area contributed by atoms with Crippen LogP contribution in [0, 0.1) is 0 Å². The molecular weight excluding hydrogens is 302 g/mol. The molecule has 128 valence electrons. The predicted molar refractivity (Wildman–Crippen MR) is 100 cm³/mol. The molecule has 0 amide bonds. The van der Waals surface area contributed by atoms with Crippen molar-refractivity contribution in [3.63, 3.8) is 0 Å². The van der Waals surface area contributed by atoms with Crippen molar-refractivity contribution in [3.05, 3.63) is 54.6 Å². The Kier molecular flexibility index (Phi) is 6.40. The number of nitrogen functional groups attached to an aromatic ring is 1. The zero-order valence-electron chi connectivity index (χ0n) is 14.2. The van der Waals surface area contributed by atoms with Crippen LogP contribution in [0.15, 0.2) is 54.6 Å². The lowest BCUT2D eigenvalue weighted by Gasteiger charge is -2.05. The first-order valence-corrected chi connectivity index (χ1v) is 7.73. The number of H-pyrrole nitrogens is 1. The Morgan fingerprint density at radius 1 is 1.08 bits per heavy atom. The van der Waals surface area contributed by atoms with Gasteiger partial charge in [0.2, 0.25) is 0 Å². The second kappa shape index (κ2) is 8.74. The van der Waals surface area contributed by atoms with Gasteiger partial charge in [0.05, 0.1) is 18.5 Å². The molecule has 0 spiro atoms. The lowest BCUT2D eigenvalue weighted by molar-refractivity contribution is 0.215. The van der Waals surface area contributed by atoms with E-state index in [2.05, 4.69) is 14.9 Å². The summed E-state index contributed by atoms with van der Waals surface area (Å²) in [6.07, 6.45) is 0. The largest absolute Gasteiger partial charge is 0.496 e. The number of rotatable bonds is 4. The Balaban J connectivity index is 0.000000568. The van der Waals surface area contributed by atoms with Crippen LogP contribution < -0.4 is 10.5 Å². The molecule has 0 atom stereocenters. The highest BCUT2D eigenvalue weighted by Gasteiger charge is 2.09. The van der Waals surface area contributed by atoms with Crippen LogP contribution in [0.5, 0.6) is 5.75 Å². The van der Waals surface area contributed by atoms with Crippen molar-refractivity contribution in [1.29, 1.82) is 0 Å². The van der Waals surface area contributed by atoms with E-state index in [4.69, 9.17) is 10.5 Å². The van der Waals surface area contributed by atoms with Gasteiger partial charge in [-0.2, -0.15) is 5.10 Å². The molecule has 0 bridgehead atoms. The highest BCUT2D eigenvalue weighted by atomic mass is 16.5. The Hall–Kier alpha value is -2.79. The van der Waals surface area contributed by atoms with Gasteiger partial charge in [-0.1, -0.05) is 24.3 Å². The average Bonchev–Trinajstić information content (AvgIpc) is 3.12. The number of nitrogens with zero attached hydrogens (tertiary/aromatic N) is 1. The number of aromatic nitrogens is 2. The fraction of sp³-hybridized carbons (Fsp3) is 0.211. The number of para-hydroxylation sites is 1. The number of anilines is 1. The van der Waals surface area contributed by atoms with E-state index in [1.807, 2.05) is 61.5 Å². The van der Waals surface area contributed by atoms with Gasteiger partial charge in [-0.25, -0.2) is 0 Å².